The first-order valence-electron chi connectivity index (χ1n) is 6.35. The van der Waals surface area contributed by atoms with Crippen molar-refractivity contribution in [3.8, 4) is 5.75 Å². The minimum absolute atomic E-state index is 0.0113. The van der Waals surface area contributed by atoms with Gasteiger partial charge in [0.05, 0.1) is 23.7 Å². The lowest BCUT2D eigenvalue weighted by Crippen LogP contribution is -2.43. The SMILES string of the molecule is CCOc1ccc(S(=O)(=O)NC[C@@](C)(O)COC)cc1F. The quantitative estimate of drug-likeness (QED) is 0.743. The van der Waals surface area contributed by atoms with Gasteiger partial charge in [-0.25, -0.2) is 17.5 Å². The molecule has 0 fully saturated rings. The van der Waals surface area contributed by atoms with E-state index >= 15 is 0 Å². The van der Waals surface area contributed by atoms with Crippen molar-refractivity contribution in [2.24, 2.45) is 0 Å². The van der Waals surface area contributed by atoms with E-state index in [0.29, 0.717) is 0 Å². The molecular formula is C13H20FNO5S. The molecule has 1 aromatic carbocycles. The fourth-order valence-corrected chi connectivity index (χ4v) is 2.79. The van der Waals surface area contributed by atoms with Gasteiger partial charge in [0.1, 0.15) is 0 Å². The molecule has 0 saturated carbocycles. The van der Waals surface area contributed by atoms with Crippen LogP contribution in [0.4, 0.5) is 4.39 Å². The fraction of sp³-hybridized carbons (Fsp3) is 0.538. The molecule has 1 atom stereocenters. The Balaban J connectivity index is 2.86. The van der Waals surface area contributed by atoms with E-state index in [0.717, 1.165) is 6.07 Å². The van der Waals surface area contributed by atoms with Crippen LogP contribution in [0.5, 0.6) is 5.75 Å². The van der Waals surface area contributed by atoms with E-state index in [4.69, 9.17) is 9.47 Å². The molecule has 0 saturated heterocycles. The van der Waals surface area contributed by atoms with E-state index in [2.05, 4.69) is 4.72 Å². The largest absolute Gasteiger partial charge is 0.491 e. The van der Waals surface area contributed by atoms with Crippen molar-refractivity contribution in [1.82, 2.24) is 4.72 Å². The van der Waals surface area contributed by atoms with Crippen LogP contribution in [-0.4, -0.2) is 46.0 Å². The molecule has 0 aromatic heterocycles. The average molecular weight is 321 g/mol. The Labute approximate surface area is 123 Å². The van der Waals surface area contributed by atoms with Crippen LogP contribution < -0.4 is 9.46 Å². The predicted molar refractivity (Wildman–Crippen MR) is 75.3 cm³/mol. The molecule has 0 unspecified atom stereocenters. The molecule has 1 aromatic rings. The van der Waals surface area contributed by atoms with Gasteiger partial charge in [0.2, 0.25) is 10.0 Å². The van der Waals surface area contributed by atoms with Gasteiger partial charge in [-0.15, -0.1) is 0 Å². The maximum atomic E-state index is 13.7. The van der Waals surface area contributed by atoms with Gasteiger partial charge in [0, 0.05) is 13.7 Å². The Morgan fingerprint density at radius 2 is 2.10 bits per heavy atom. The minimum atomic E-state index is -3.93. The highest BCUT2D eigenvalue weighted by atomic mass is 32.2. The number of sulfonamides is 1. The number of halogens is 1. The maximum Gasteiger partial charge on any atom is 0.240 e. The molecule has 0 aliphatic rings. The van der Waals surface area contributed by atoms with Crippen molar-refractivity contribution >= 4 is 10.0 Å². The predicted octanol–water partition coefficient (Wildman–Crippen LogP) is 0.900. The molecule has 0 aliphatic heterocycles. The molecule has 120 valence electrons. The Morgan fingerprint density at radius 3 is 2.62 bits per heavy atom. The highest BCUT2D eigenvalue weighted by Gasteiger charge is 2.24. The number of hydrogen-bond donors (Lipinski definition) is 2. The van der Waals surface area contributed by atoms with E-state index in [1.807, 2.05) is 0 Å². The molecule has 1 rings (SSSR count). The molecule has 0 spiro atoms. The van der Waals surface area contributed by atoms with Gasteiger partial charge in [-0.2, -0.15) is 0 Å². The van der Waals surface area contributed by atoms with E-state index in [-0.39, 0.29) is 30.4 Å². The molecule has 0 amide bonds. The van der Waals surface area contributed by atoms with Crippen LogP contribution in [0.15, 0.2) is 23.1 Å². The number of hydrogen-bond acceptors (Lipinski definition) is 5. The third-order valence-corrected chi connectivity index (χ3v) is 4.01. The summed E-state index contributed by atoms with van der Waals surface area (Å²) in [5, 5.41) is 9.85. The molecule has 21 heavy (non-hydrogen) atoms. The molecule has 0 heterocycles. The zero-order valence-corrected chi connectivity index (χ0v) is 13.0. The summed E-state index contributed by atoms with van der Waals surface area (Å²) >= 11 is 0. The number of benzene rings is 1. The van der Waals surface area contributed by atoms with Crippen molar-refractivity contribution in [3.05, 3.63) is 24.0 Å². The van der Waals surface area contributed by atoms with Gasteiger partial charge >= 0.3 is 0 Å². The molecule has 2 N–H and O–H groups in total. The fourth-order valence-electron chi connectivity index (χ4n) is 1.62. The summed E-state index contributed by atoms with van der Waals surface area (Å²) in [4.78, 5) is -0.239. The lowest BCUT2D eigenvalue weighted by atomic mass is 10.1. The van der Waals surface area contributed by atoms with E-state index < -0.39 is 21.4 Å². The zero-order chi connectivity index (χ0) is 16.1. The maximum absolute atomic E-state index is 13.7. The van der Waals surface area contributed by atoms with Crippen LogP contribution in [0, 0.1) is 5.82 Å². The first kappa shape index (κ1) is 17.8. The Morgan fingerprint density at radius 1 is 1.43 bits per heavy atom. The van der Waals surface area contributed by atoms with Gasteiger partial charge in [-0.3, -0.25) is 0 Å². The normalized spacial score (nSPS) is 14.7. The minimum Gasteiger partial charge on any atom is -0.491 e. The van der Waals surface area contributed by atoms with Crippen molar-refractivity contribution in [2.75, 3.05) is 26.9 Å². The second kappa shape index (κ2) is 7.17. The standard InChI is InChI=1S/C13H20FNO5S/c1-4-20-12-6-5-10(7-11(12)14)21(17,18)15-8-13(2,16)9-19-3/h5-7,15-16H,4,8-9H2,1-3H3/t13-/m1/s1. The summed E-state index contributed by atoms with van der Waals surface area (Å²) in [6.07, 6.45) is 0. The van der Waals surface area contributed by atoms with Crippen LogP contribution in [-0.2, 0) is 14.8 Å². The average Bonchev–Trinajstić information content (AvgIpc) is 2.39. The monoisotopic (exact) mass is 321 g/mol. The summed E-state index contributed by atoms with van der Waals surface area (Å²) in [6.45, 7) is 3.12. The van der Waals surface area contributed by atoms with E-state index in [1.54, 1.807) is 6.92 Å². The van der Waals surface area contributed by atoms with Crippen LogP contribution in [0.1, 0.15) is 13.8 Å². The molecule has 0 radical (unpaired) electrons. The topological polar surface area (TPSA) is 84.9 Å². The first-order chi connectivity index (χ1) is 9.72. The summed E-state index contributed by atoms with van der Waals surface area (Å²) in [7, 11) is -2.53. The lowest BCUT2D eigenvalue weighted by molar-refractivity contribution is -0.0119. The van der Waals surface area contributed by atoms with Gasteiger partial charge in [-0.1, -0.05) is 0 Å². The van der Waals surface area contributed by atoms with Gasteiger partial charge < -0.3 is 14.6 Å². The van der Waals surface area contributed by atoms with Crippen molar-refractivity contribution in [3.63, 3.8) is 0 Å². The van der Waals surface area contributed by atoms with Gasteiger partial charge in [0.25, 0.3) is 0 Å². The second-order valence-corrected chi connectivity index (χ2v) is 6.55. The zero-order valence-electron chi connectivity index (χ0n) is 12.2. The summed E-state index contributed by atoms with van der Waals surface area (Å²) < 4.78 is 49.7. The Kier molecular flexibility index (Phi) is 6.09. The molecule has 8 heteroatoms. The molecule has 6 nitrogen and oxygen atoms in total. The van der Waals surface area contributed by atoms with Gasteiger partial charge in [0.15, 0.2) is 11.6 Å². The number of nitrogens with one attached hydrogen (secondary N) is 1. The van der Waals surface area contributed by atoms with E-state index in [1.165, 1.54) is 26.2 Å². The first-order valence-corrected chi connectivity index (χ1v) is 7.83. The molecule has 0 bridgehead atoms. The highest BCUT2D eigenvalue weighted by Crippen LogP contribution is 2.21. The molecular weight excluding hydrogens is 301 g/mol. The third-order valence-electron chi connectivity index (χ3n) is 2.61. The number of methoxy groups -OCH3 is 1. The second-order valence-electron chi connectivity index (χ2n) is 4.78. The number of rotatable bonds is 8. The van der Waals surface area contributed by atoms with Crippen molar-refractivity contribution in [1.29, 1.82) is 0 Å². The smallest absolute Gasteiger partial charge is 0.240 e. The summed E-state index contributed by atoms with van der Waals surface area (Å²) in [5.41, 5.74) is -1.36. The van der Waals surface area contributed by atoms with Crippen LogP contribution in [0.3, 0.4) is 0 Å². The van der Waals surface area contributed by atoms with Crippen molar-refractivity contribution < 1.29 is 27.4 Å². The molecule has 0 aliphatic carbocycles. The van der Waals surface area contributed by atoms with E-state index in [9.17, 15) is 17.9 Å². The van der Waals surface area contributed by atoms with Crippen LogP contribution in [0.2, 0.25) is 0 Å². The Hall–Kier alpha value is -1.22. The highest BCUT2D eigenvalue weighted by molar-refractivity contribution is 7.89. The number of ether oxygens (including phenoxy) is 2. The van der Waals surface area contributed by atoms with Crippen molar-refractivity contribution in [2.45, 2.75) is 24.3 Å². The summed E-state index contributed by atoms with van der Waals surface area (Å²) in [6, 6.07) is 3.36. The third kappa shape index (κ3) is 5.24. The lowest BCUT2D eigenvalue weighted by Gasteiger charge is -2.22. The number of aliphatic hydroxyl groups is 1. The van der Waals surface area contributed by atoms with Gasteiger partial charge in [-0.05, 0) is 32.0 Å². The van der Waals surface area contributed by atoms with Crippen LogP contribution in [0.25, 0.3) is 0 Å². The summed E-state index contributed by atoms with van der Waals surface area (Å²) in [5.74, 6) is -0.772. The van der Waals surface area contributed by atoms with Crippen LogP contribution >= 0.6 is 0 Å². The Bertz CT molecular complexity index is 574.